The highest BCUT2D eigenvalue weighted by molar-refractivity contribution is 5.52. The van der Waals surface area contributed by atoms with Crippen molar-refractivity contribution in [3.63, 3.8) is 0 Å². The van der Waals surface area contributed by atoms with E-state index in [0.717, 1.165) is 0 Å². The quantitative estimate of drug-likeness (QED) is 0.275. The first-order chi connectivity index (χ1) is 3.77. The summed E-state index contributed by atoms with van der Waals surface area (Å²) in [5.74, 6) is 0.350. The molecule has 3 heteroatoms. The molecule has 0 bridgehead atoms. The molecule has 0 fully saturated rings. The molecule has 0 aromatic heterocycles. The third-order valence-corrected chi connectivity index (χ3v) is 0.401. The van der Waals surface area contributed by atoms with Crippen molar-refractivity contribution < 1.29 is 9.95 Å². The molecule has 0 aromatic rings. The van der Waals surface area contributed by atoms with Gasteiger partial charge in [-0.15, -0.1) is 0 Å². The van der Waals surface area contributed by atoms with Crippen molar-refractivity contribution in [1.82, 2.24) is 0 Å². The minimum Gasteiger partial charge on any atom is -0.626 e. The summed E-state index contributed by atoms with van der Waals surface area (Å²) in [5.41, 5.74) is 0. The lowest BCUT2D eigenvalue weighted by Gasteiger charge is -1.83. The number of carbonyl (C=O) groups is 1. The molecule has 0 rings (SSSR count). The number of hydrogen-bond acceptors (Lipinski definition) is 2. The first-order valence-corrected chi connectivity index (χ1v) is 2.27. The van der Waals surface area contributed by atoms with Crippen molar-refractivity contribution in [3.8, 4) is 0 Å². The first kappa shape index (κ1) is 10.2. The molecule has 0 radical (unpaired) electrons. The van der Waals surface area contributed by atoms with Crippen LogP contribution in [-0.2, 0) is 4.79 Å². The summed E-state index contributed by atoms with van der Waals surface area (Å²) in [4.78, 5) is 8.00. The second-order valence-electron chi connectivity index (χ2n) is 1.53. The SMILES string of the molecule is C=O.CC(C)C=[NH+][O-]. The highest BCUT2D eigenvalue weighted by Gasteiger charge is 1.83. The zero-order valence-corrected chi connectivity index (χ0v) is 5.18. The molecule has 3 nitrogen and oxygen atoms in total. The summed E-state index contributed by atoms with van der Waals surface area (Å²) in [5, 5.41) is 11.1. The van der Waals surface area contributed by atoms with Crippen molar-refractivity contribution in [3.05, 3.63) is 5.21 Å². The van der Waals surface area contributed by atoms with Crippen LogP contribution in [0.2, 0.25) is 0 Å². The average Bonchev–Trinajstić information content (AvgIpc) is 1.72. The largest absolute Gasteiger partial charge is 0.626 e. The smallest absolute Gasteiger partial charge is 0.151 e. The molecule has 0 spiro atoms. The van der Waals surface area contributed by atoms with E-state index in [9.17, 15) is 5.21 Å². The molecular weight excluding hydrogens is 106 g/mol. The predicted molar refractivity (Wildman–Crippen MR) is 32.4 cm³/mol. The second-order valence-corrected chi connectivity index (χ2v) is 1.53. The van der Waals surface area contributed by atoms with Gasteiger partial charge in [0.15, 0.2) is 6.21 Å². The lowest BCUT2D eigenvalue weighted by atomic mass is 10.3. The summed E-state index contributed by atoms with van der Waals surface area (Å²) in [6, 6.07) is 0. The highest BCUT2D eigenvalue weighted by Crippen LogP contribution is 1.77. The maximum atomic E-state index is 9.43. The Hall–Kier alpha value is -0.860. The lowest BCUT2D eigenvalue weighted by molar-refractivity contribution is -0.370. The maximum Gasteiger partial charge on any atom is 0.151 e. The van der Waals surface area contributed by atoms with Gasteiger partial charge in [-0.05, 0) is 0 Å². The normalized spacial score (nSPS) is 8.88. The molecule has 48 valence electrons. The first-order valence-electron chi connectivity index (χ1n) is 2.27. The van der Waals surface area contributed by atoms with Crippen LogP contribution in [0.4, 0.5) is 0 Å². The van der Waals surface area contributed by atoms with E-state index in [1.807, 2.05) is 20.6 Å². The van der Waals surface area contributed by atoms with E-state index in [1.54, 1.807) is 5.16 Å². The van der Waals surface area contributed by atoms with Gasteiger partial charge in [0.1, 0.15) is 6.79 Å². The van der Waals surface area contributed by atoms with E-state index < -0.39 is 0 Å². The molecular formula is C5H11NO2. The maximum absolute atomic E-state index is 9.43. The fourth-order valence-electron chi connectivity index (χ4n) is 0.136. The Morgan fingerprint density at radius 2 is 2.00 bits per heavy atom. The zero-order valence-electron chi connectivity index (χ0n) is 5.18. The standard InChI is InChI=1S/C4H9NO.CH2O/c1-4(2)3-5-6;1-2/h3-5H,1-2H3;1H2. The fraction of sp³-hybridized carbons (Fsp3) is 0.600. The Morgan fingerprint density at radius 3 is 2.00 bits per heavy atom. The summed E-state index contributed by atoms with van der Waals surface area (Å²) in [6.07, 6.45) is 1.49. The summed E-state index contributed by atoms with van der Waals surface area (Å²) in [7, 11) is 0. The Bertz CT molecular complexity index is 61.4. The van der Waals surface area contributed by atoms with Gasteiger partial charge in [0, 0.05) is 5.92 Å². The molecule has 0 amide bonds. The van der Waals surface area contributed by atoms with Crippen LogP contribution in [0, 0.1) is 11.1 Å². The molecule has 8 heavy (non-hydrogen) atoms. The topological polar surface area (TPSA) is 54.1 Å². The van der Waals surface area contributed by atoms with Crippen LogP contribution in [0.3, 0.4) is 0 Å². The molecule has 0 atom stereocenters. The summed E-state index contributed by atoms with van der Waals surface area (Å²) in [6.45, 7) is 5.87. The Morgan fingerprint density at radius 1 is 1.62 bits per heavy atom. The van der Waals surface area contributed by atoms with Crippen LogP contribution in [0.5, 0.6) is 0 Å². The molecule has 0 heterocycles. The van der Waals surface area contributed by atoms with Gasteiger partial charge < -0.3 is 10.0 Å². The van der Waals surface area contributed by atoms with Gasteiger partial charge in [0.05, 0.1) is 0 Å². The molecule has 0 saturated carbocycles. The van der Waals surface area contributed by atoms with Crippen LogP contribution >= 0.6 is 0 Å². The molecule has 0 aliphatic heterocycles. The van der Waals surface area contributed by atoms with Gasteiger partial charge in [-0.1, -0.05) is 13.8 Å². The highest BCUT2D eigenvalue weighted by atomic mass is 16.4. The lowest BCUT2D eigenvalue weighted by Crippen LogP contribution is -2.61. The monoisotopic (exact) mass is 117 g/mol. The van der Waals surface area contributed by atoms with Gasteiger partial charge in [-0.25, -0.2) is 5.16 Å². The van der Waals surface area contributed by atoms with Gasteiger partial charge in [0.25, 0.3) is 0 Å². The fourth-order valence-corrected chi connectivity index (χ4v) is 0.136. The molecule has 0 aromatic carbocycles. The van der Waals surface area contributed by atoms with Gasteiger partial charge in [-0.3, -0.25) is 0 Å². The molecule has 0 aliphatic rings. The van der Waals surface area contributed by atoms with E-state index in [2.05, 4.69) is 0 Å². The van der Waals surface area contributed by atoms with Crippen molar-refractivity contribution in [2.45, 2.75) is 13.8 Å². The molecule has 0 saturated heterocycles. The zero-order chi connectivity index (χ0) is 6.99. The van der Waals surface area contributed by atoms with Crippen LogP contribution in [0.15, 0.2) is 0 Å². The van der Waals surface area contributed by atoms with E-state index in [1.165, 1.54) is 6.21 Å². The number of carbonyl (C=O) groups excluding carboxylic acids is 1. The van der Waals surface area contributed by atoms with E-state index in [-0.39, 0.29) is 0 Å². The Kier molecular flexibility index (Phi) is 12.1. The van der Waals surface area contributed by atoms with Crippen LogP contribution in [0.1, 0.15) is 13.8 Å². The van der Waals surface area contributed by atoms with Crippen molar-refractivity contribution >= 4 is 13.0 Å². The predicted octanol–water partition coefficient (Wildman–Crippen LogP) is -0.893. The van der Waals surface area contributed by atoms with Crippen LogP contribution in [-0.4, -0.2) is 13.0 Å². The average molecular weight is 117 g/mol. The van der Waals surface area contributed by atoms with E-state index in [0.29, 0.717) is 5.92 Å². The van der Waals surface area contributed by atoms with Crippen LogP contribution < -0.4 is 5.16 Å². The van der Waals surface area contributed by atoms with Crippen molar-refractivity contribution in [2.24, 2.45) is 5.92 Å². The molecule has 0 aliphatic carbocycles. The Balaban J connectivity index is 0. The van der Waals surface area contributed by atoms with E-state index in [4.69, 9.17) is 4.79 Å². The van der Waals surface area contributed by atoms with Gasteiger partial charge in [0.2, 0.25) is 0 Å². The number of rotatable bonds is 1. The second kappa shape index (κ2) is 9.46. The number of hydrogen-bond donors (Lipinski definition) is 1. The van der Waals surface area contributed by atoms with Crippen LogP contribution in [0.25, 0.3) is 0 Å². The van der Waals surface area contributed by atoms with Crippen molar-refractivity contribution in [2.75, 3.05) is 0 Å². The minimum atomic E-state index is 0.350. The minimum absolute atomic E-state index is 0.350. The summed E-state index contributed by atoms with van der Waals surface area (Å²) < 4.78 is 0. The van der Waals surface area contributed by atoms with Crippen molar-refractivity contribution in [1.29, 1.82) is 0 Å². The number of nitrogens with one attached hydrogen (secondary N) is 1. The Labute approximate surface area is 49.0 Å². The molecule has 0 unspecified atom stereocenters. The van der Waals surface area contributed by atoms with Gasteiger partial charge in [-0.2, -0.15) is 0 Å². The van der Waals surface area contributed by atoms with Gasteiger partial charge >= 0.3 is 0 Å². The van der Waals surface area contributed by atoms with E-state index >= 15 is 0 Å². The third kappa shape index (κ3) is 19.2. The molecule has 1 N–H and O–H groups in total. The third-order valence-electron chi connectivity index (χ3n) is 0.401. The summed E-state index contributed by atoms with van der Waals surface area (Å²) >= 11 is 0.